The smallest absolute Gasteiger partial charge is 0.410 e. The van der Waals surface area contributed by atoms with Gasteiger partial charge < -0.3 is 18.9 Å². The van der Waals surface area contributed by atoms with Crippen molar-refractivity contribution in [3.8, 4) is 5.75 Å². The molecule has 1 aromatic carbocycles. The fourth-order valence-corrected chi connectivity index (χ4v) is 4.48. The van der Waals surface area contributed by atoms with Crippen LogP contribution in [0.3, 0.4) is 0 Å². The number of hydrogen-bond donors (Lipinski definition) is 0. The third-order valence-corrected chi connectivity index (χ3v) is 6.42. The highest BCUT2D eigenvalue weighted by Gasteiger charge is 2.42. The van der Waals surface area contributed by atoms with Crippen LogP contribution in [-0.2, 0) is 22.7 Å². The van der Waals surface area contributed by atoms with Crippen LogP contribution in [0.15, 0.2) is 35.1 Å². The van der Waals surface area contributed by atoms with E-state index in [1.807, 2.05) is 6.07 Å². The fourth-order valence-electron chi connectivity index (χ4n) is 4.48. The molecule has 0 N–H and O–H groups in total. The Morgan fingerprint density at radius 2 is 1.74 bits per heavy atom. The van der Waals surface area contributed by atoms with Crippen molar-refractivity contribution < 1.29 is 37.0 Å². The van der Waals surface area contributed by atoms with Crippen LogP contribution in [0.5, 0.6) is 5.75 Å². The number of alkyl halides is 3. The second kappa shape index (κ2) is 10.7. The summed E-state index contributed by atoms with van der Waals surface area (Å²) in [7, 11) is 0. The molecule has 2 aliphatic heterocycles. The van der Waals surface area contributed by atoms with Gasteiger partial charge in [-0.2, -0.15) is 18.2 Å². The minimum Gasteiger partial charge on any atom is -0.445 e. The summed E-state index contributed by atoms with van der Waals surface area (Å²) in [5, 5.41) is 0. The van der Waals surface area contributed by atoms with Gasteiger partial charge in [-0.3, -0.25) is 19.3 Å². The fraction of sp³-hybridized carbons (Fsp3) is 0.500. The third-order valence-electron chi connectivity index (χ3n) is 6.42. The zero-order chi connectivity index (χ0) is 28.5. The Kier molecular flexibility index (Phi) is 7.71. The van der Waals surface area contributed by atoms with Gasteiger partial charge in [-0.1, -0.05) is 30.3 Å². The molecule has 1 saturated heterocycles. The van der Waals surface area contributed by atoms with Crippen LogP contribution in [0, 0.1) is 5.41 Å². The van der Waals surface area contributed by atoms with E-state index in [0.29, 0.717) is 24.3 Å². The van der Waals surface area contributed by atoms with Crippen LogP contribution in [0.1, 0.15) is 61.5 Å². The number of likely N-dealkylation sites (tertiary alicyclic amines) is 1. The molecule has 0 unspecified atom stereocenters. The van der Waals surface area contributed by atoms with Crippen molar-refractivity contribution in [1.82, 2.24) is 19.4 Å². The summed E-state index contributed by atoms with van der Waals surface area (Å²) >= 11 is 0. The molecule has 2 aliphatic rings. The number of carbonyl (C=O) groups is 3. The van der Waals surface area contributed by atoms with E-state index in [1.165, 1.54) is 30.2 Å². The van der Waals surface area contributed by atoms with E-state index < -0.39 is 59.2 Å². The molecule has 1 aromatic heterocycles. The molecule has 13 heteroatoms. The van der Waals surface area contributed by atoms with Crippen LogP contribution in [0.2, 0.25) is 0 Å². The summed E-state index contributed by atoms with van der Waals surface area (Å²) in [4.78, 5) is 58.0. The van der Waals surface area contributed by atoms with Crippen molar-refractivity contribution >= 4 is 18.0 Å². The van der Waals surface area contributed by atoms with Gasteiger partial charge in [0.1, 0.15) is 19.0 Å². The molecule has 0 radical (unpaired) electrons. The molecular weight excluding hydrogens is 521 g/mol. The second-order valence-electron chi connectivity index (χ2n) is 10.5. The first-order valence-electron chi connectivity index (χ1n) is 12.5. The Hall–Kier alpha value is -3.90. The normalized spacial score (nSPS) is 17.7. The number of ether oxygens (including phenoxy) is 2. The average Bonchev–Trinajstić information content (AvgIpc) is 3.34. The van der Waals surface area contributed by atoms with E-state index in [9.17, 15) is 32.3 Å². The molecule has 210 valence electrons. The van der Waals surface area contributed by atoms with Gasteiger partial charge in [0.2, 0.25) is 5.75 Å². The van der Waals surface area contributed by atoms with Crippen molar-refractivity contribution in [1.29, 1.82) is 0 Å². The number of nitrogens with zero attached hydrogens (tertiary/aromatic N) is 4. The van der Waals surface area contributed by atoms with Crippen molar-refractivity contribution in [3.05, 3.63) is 57.8 Å². The first kappa shape index (κ1) is 28.1. The van der Waals surface area contributed by atoms with Gasteiger partial charge >= 0.3 is 23.8 Å². The zero-order valence-corrected chi connectivity index (χ0v) is 21.8. The van der Waals surface area contributed by atoms with Gasteiger partial charge in [0.05, 0.1) is 11.5 Å². The molecule has 1 fully saturated rings. The third kappa shape index (κ3) is 6.23. The molecule has 39 heavy (non-hydrogen) atoms. The monoisotopic (exact) mass is 550 g/mol. The highest BCUT2D eigenvalue weighted by atomic mass is 19.4. The molecule has 4 rings (SSSR count). The van der Waals surface area contributed by atoms with E-state index in [4.69, 9.17) is 9.47 Å². The van der Waals surface area contributed by atoms with Crippen molar-refractivity contribution in [3.63, 3.8) is 0 Å². The number of amides is 2. The molecule has 0 saturated carbocycles. The van der Waals surface area contributed by atoms with Crippen molar-refractivity contribution in [2.24, 2.45) is 5.41 Å². The lowest BCUT2D eigenvalue weighted by atomic mass is 9.97. The Morgan fingerprint density at radius 3 is 2.38 bits per heavy atom. The maximum atomic E-state index is 13.3. The molecule has 10 nitrogen and oxygen atoms in total. The molecule has 0 bridgehead atoms. The topological polar surface area (TPSA) is 111 Å². The maximum Gasteiger partial charge on any atom is 0.410 e. The van der Waals surface area contributed by atoms with Gasteiger partial charge in [-0.25, -0.2) is 4.79 Å². The zero-order valence-electron chi connectivity index (χ0n) is 21.8. The predicted octanol–water partition coefficient (Wildman–Crippen LogP) is 3.69. The summed E-state index contributed by atoms with van der Waals surface area (Å²) < 4.78 is 51.5. The van der Waals surface area contributed by atoms with Gasteiger partial charge in [0.25, 0.3) is 5.91 Å². The van der Waals surface area contributed by atoms with E-state index in [-0.39, 0.29) is 25.5 Å². The van der Waals surface area contributed by atoms with E-state index in [0.717, 1.165) is 5.56 Å². The number of benzene rings is 1. The van der Waals surface area contributed by atoms with Crippen LogP contribution >= 0.6 is 0 Å². The van der Waals surface area contributed by atoms with Crippen LogP contribution < -0.4 is 10.3 Å². The lowest BCUT2D eigenvalue weighted by Crippen LogP contribution is -2.48. The Bertz CT molecular complexity index is 1320. The van der Waals surface area contributed by atoms with Gasteiger partial charge in [-0.05, 0) is 39.2 Å². The number of halogens is 3. The van der Waals surface area contributed by atoms with E-state index in [1.54, 1.807) is 24.3 Å². The second-order valence-corrected chi connectivity index (χ2v) is 10.5. The van der Waals surface area contributed by atoms with Gasteiger partial charge in [0, 0.05) is 19.6 Å². The Balaban J connectivity index is 1.71. The molecular formula is C26H29F3N4O6. The predicted molar refractivity (Wildman–Crippen MR) is 131 cm³/mol. The van der Waals surface area contributed by atoms with Crippen molar-refractivity contribution in [2.45, 2.75) is 59.0 Å². The molecule has 3 heterocycles. The lowest BCUT2D eigenvalue weighted by Gasteiger charge is -2.34. The van der Waals surface area contributed by atoms with Crippen LogP contribution in [0.4, 0.5) is 18.0 Å². The first-order valence-corrected chi connectivity index (χ1v) is 12.5. The summed E-state index contributed by atoms with van der Waals surface area (Å²) in [5.41, 5.74) is -1.88. The van der Waals surface area contributed by atoms with E-state index >= 15 is 0 Å². The first-order chi connectivity index (χ1) is 18.3. The molecule has 2 aromatic rings. The summed E-state index contributed by atoms with van der Waals surface area (Å²) in [6.45, 7) is 2.87. The Labute approximate surface area is 222 Å². The average molecular weight is 551 g/mol. The van der Waals surface area contributed by atoms with Gasteiger partial charge in [-0.15, -0.1) is 0 Å². The summed E-state index contributed by atoms with van der Waals surface area (Å²) in [6, 6.07) is 8.25. The molecule has 0 spiro atoms. The number of rotatable bonds is 5. The van der Waals surface area contributed by atoms with E-state index in [2.05, 4.69) is 4.98 Å². The number of carbonyl (C=O) groups excluding carboxylic acids is 3. The quantitative estimate of drug-likeness (QED) is 0.522. The largest absolute Gasteiger partial charge is 0.445 e. The SMILES string of the molecule is CC(C)(C)C(=O)Oc1c2n(c([C@@H]3CCCN3C(=O)OCc3ccccc3)nc1=O)CCN(CC(F)(F)F)C2=O. The Morgan fingerprint density at radius 1 is 1.05 bits per heavy atom. The number of esters is 1. The molecule has 1 atom stereocenters. The van der Waals surface area contributed by atoms with Crippen LogP contribution in [-0.4, -0.2) is 63.1 Å². The number of aromatic nitrogens is 2. The number of hydrogen-bond acceptors (Lipinski definition) is 7. The van der Waals surface area contributed by atoms with Crippen molar-refractivity contribution in [2.75, 3.05) is 19.6 Å². The maximum absolute atomic E-state index is 13.3. The number of fused-ring (bicyclic) bond motifs is 1. The molecule has 0 aliphatic carbocycles. The standard InChI is InChI=1S/C26H29F3N4O6/c1-25(2,3)23(36)39-19-18-22(35)31(15-26(27,28)29)12-13-33(18)20(30-21(19)34)17-10-7-11-32(17)24(37)38-14-16-8-5-4-6-9-16/h4-6,8-9,17H,7,10-15H2,1-3H3/t17-/m0/s1. The minimum absolute atomic E-state index is 0.0148. The summed E-state index contributed by atoms with van der Waals surface area (Å²) in [5.74, 6) is -2.68. The van der Waals surface area contributed by atoms with Gasteiger partial charge in [0.15, 0.2) is 5.69 Å². The highest BCUT2D eigenvalue weighted by Crippen LogP contribution is 2.35. The molecule has 2 amide bonds. The van der Waals surface area contributed by atoms with Crippen LogP contribution in [0.25, 0.3) is 0 Å². The lowest BCUT2D eigenvalue weighted by molar-refractivity contribution is -0.144. The highest BCUT2D eigenvalue weighted by molar-refractivity contribution is 5.97. The minimum atomic E-state index is -4.68. The summed E-state index contributed by atoms with van der Waals surface area (Å²) in [6.07, 6.45) is -4.41.